The molecule has 2 rings (SSSR count). The molecule has 1 aliphatic heterocycles. The Labute approximate surface area is 71.3 Å². The fraction of sp³-hybridized carbons (Fsp3) is 1.00. The monoisotopic (exact) mass is 170 g/mol. The number of hydrogen-bond donors (Lipinski definition) is 0. The predicted octanol–water partition coefficient (Wildman–Crippen LogP) is 1.51. The Bertz CT molecular complexity index is 136. The maximum Gasteiger partial charge on any atom is 0.0568 e. The molecule has 1 heterocycles. The third-order valence-electron chi connectivity index (χ3n) is 3.30. The van der Waals surface area contributed by atoms with Crippen molar-refractivity contribution in [1.82, 2.24) is 0 Å². The molecular weight excluding hydrogens is 152 g/mol. The van der Waals surface area contributed by atoms with Gasteiger partial charge in [-0.1, -0.05) is 6.55 Å². The zero-order valence-electron chi connectivity index (χ0n) is 7.44. The van der Waals surface area contributed by atoms with Crippen molar-refractivity contribution in [2.45, 2.75) is 43.9 Å². The molecule has 0 amide bonds. The fourth-order valence-corrected chi connectivity index (χ4v) is 4.31. The lowest BCUT2D eigenvalue weighted by Gasteiger charge is -2.37. The van der Waals surface area contributed by atoms with E-state index in [4.69, 9.17) is 4.74 Å². The van der Waals surface area contributed by atoms with E-state index in [1.165, 1.54) is 32.1 Å². The topological polar surface area (TPSA) is 9.23 Å². The van der Waals surface area contributed by atoms with Gasteiger partial charge in [-0.05, 0) is 38.0 Å². The van der Waals surface area contributed by atoms with E-state index in [-0.39, 0.29) is 9.52 Å². The second-order valence-corrected chi connectivity index (χ2v) is 5.90. The molecule has 1 unspecified atom stereocenters. The largest absolute Gasteiger partial charge is 0.379 e. The van der Waals surface area contributed by atoms with Crippen molar-refractivity contribution in [2.24, 2.45) is 5.92 Å². The molecule has 1 atom stereocenters. The average Bonchev–Trinajstić information content (AvgIpc) is 2.88. The van der Waals surface area contributed by atoms with Crippen molar-refractivity contribution < 1.29 is 4.74 Å². The van der Waals surface area contributed by atoms with Crippen LogP contribution in [0.3, 0.4) is 0 Å². The SMILES string of the molecule is C[SiH2]C1(C2CC2)CCCCO1. The Balaban J connectivity index is 2.01. The highest BCUT2D eigenvalue weighted by Gasteiger charge is 2.45. The molecule has 0 bridgehead atoms. The number of rotatable bonds is 2. The Kier molecular flexibility index (Phi) is 2.06. The van der Waals surface area contributed by atoms with Gasteiger partial charge in [0.05, 0.1) is 14.7 Å². The van der Waals surface area contributed by atoms with E-state index in [0.717, 1.165) is 12.5 Å². The second kappa shape index (κ2) is 2.90. The first-order valence-corrected chi connectivity index (χ1v) is 7.13. The van der Waals surface area contributed by atoms with Gasteiger partial charge >= 0.3 is 0 Å². The highest BCUT2D eigenvalue weighted by atomic mass is 28.2. The van der Waals surface area contributed by atoms with Crippen LogP contribution in [0.5, 0.6) is 0 Å². The molecular formula is C9H18OSi. The minimum atomic E-state index is 0.0542. The van der Waals surface area contributed by atoms with Crippen LogP contribution in [0.15, 0.2) is 0 Å². The average molecular weight is 170 g/mol. The van der Waals surface area contributed by atoms with Crippen LogP contribution in [0.4, 0.5) is 0 Å². The molecule has 2 fully saturated rings. The molecule has 0 aromatic rings. The van der Waals surface area contributed by atoms with Crippen LogP contribution in [0.2, 0.25) is 6.55 Å². The van der Waals surface area contributed by atoms with Gasteiger partial charge in [0.15, 0.2) is 0 Å². The van der Waals surface area contributed by atoms with Crippen LogP contribution in [-0.2, 0) is 4.74 Å². The highest BCUT2D eigenvalue weighted by Crippen LogP contribution is 2.45. The Morgan fingerprint density at radius 3 is 2.64 bits per heavy atom. The van der Waals surface area contributed by atoms with Gasteiger partial charge in [-0.15, -0.1) is 0 Å². The summed E-state index contributed by atoms with van der Waals surface area (Å²) in [7, 11) is 0.0542. The summed E-state index contributed by atoms with van der Waals surface area (Å²) in [4.78, 5) is 0. The summed E-state index contributed by atoms with van der Waals surface area (Å²) in [5.41, 5.74) is 0. The second-order valence-electron chi connectivity index (χ2n) is 4.00. The van der Waals surface area contributed by atoms with Crippen molar-refractivity contribution in [2.75, 3.05) is 6.61 Å². The lowest BCUT2D eigenvalue weighted by atomic mass is 10.0. The molecule has 2 aliphatic rings. The zero-order chi connectivity index (χ0) is 7.73. The van der Waals surface area contributed by atoms with E-state index in [1.54, 1.807) is 0 Å². The summed E-state index contributed by atoms with van der Waals surface area (Å²) >= 11 is 0. The summed E-state index contributed by atoms with van der Waals surface area (Å²) in [5.74, 6) is 0.986. The van der Waals surface area contributed by atoms with Gasteiger partial charge in [0.2, 0.25) is 0 Å². The number of hydrogen-bond acceptors (Lipinski definition) is 1. The van der Waals surface area contributed by atoms with Gasteiger partial charge in [0.1, 0.15) is 0 Å². The molecule has 0 radical (unpaired) electrons. The van der Waals surface area contributed by atoms with Crippen LogP contribution >= 0.6 is 0 Å². The van der Waals surface area contributed by atoms with E-state index >= 15 is 0 Å². The van der Waals surface area contributed by atoms with Gasteiger partial charge in [0, 0.05) is 6.61 Å². The van der Waals surface area contributed by atoms with Crippen LogP contribution in [0, 0.1) is 5.92 Å². The summed E-state index contributed by atoms with van der Waals surface area (Å²) in [5, 5.41) is 0.470. The number of ether oxygens (including phenoxy) is 1. The van der Waals surface area contributed by atoms with Crippen LogP contribution in [-0.4, -0.2) is 21.4 Å². The minimum Gasteiger partial charge on any atom is -0.379 e. The first kappa shape index (κ1) is 7.81. The maximum absolute atomic E-state index is 6.00. The highest BCUT2D eigenvalue weighted by molar-refractivity contribution is 6.38. The van der Waals surface area contributed by atoms with Crippen LogP contribution < -0.4 is 0 Å². The minimum absolute atomic E-state index is 0.0542. The summed E-state index contributed by atoms with van der Waals surface area (Å²) in [6, 6.07) is 0. The Hall–Kier alpha value is 0.177. The molecule has 0 aromatic carbocycles. The molecule has 64 valence electrons. The quantitative estimate of drug-likeness (QED) is 0.571. The van der Waals surface area contributed by atoms with Crippen molar-refractivity contribution in [1.29, 1.82) is 0 Å². The first-order valence-electron chi connectivity index (χ1n) is 5.01. The molecule has 0 aromatic heterocycles. The van der Waals surface area contributed by atoms with E-state index < -0.39 is 0 Å². The molecule has 2 heteroatoms. The fourth-order valence-electron chi connectivity index (χ4n) is 2.37. The van der Waals surface area contributed by atoms with Crippen molar-refractivity contribution in [3.05, 3.63) is 0 Å². The lowest BCUT2D eigenvalue weighted by Crippen LogP contribution is -2.43. The molecule has 0 N–H and O–H groups in total. The third kappa shape index (κ3) is 1.38. The Morgan fingerprint density at radius 2 is 2.18 bits per heavy atom. The van der Waals surface area contributed by atoms with Crippen molar-refractivity contribution in [3.63, 3.8) is 0 Å². The smallest absolute Gasteiger partial charge is 0.0568 e. The maximum atomic E-state index is 6.00. The lowest BCUT2D eigenvalue weighted by molar-refractivity contribution is -0.0343. The molecule has 1 saturated heterocycles. The summed E-state index contributed by atoms with van der Waals surface area (Å²) in [6.07, 6.45) is 7.04. The summed E-state index contributed by atoms with van der Waals surface area (Å²) < 4.78 is 6.00. The zero-order valence-corrected chi connectivity index (χ0v) is 8.85. The van der Waals surface area contributed by atoms with Crippen LogP contribution in [0.1, 0.15) is 32.1 Å². The molecule has 1 nitrogen and oxygen atoms in total. The first-order chi connectivity index (χ1) is 5.37. The van der Waals surface area contributed by atoms with Gasteiger partial charge in [-0.25, -0.2) is 0 Å². The van der Waals surface area contributed by atoms with Crippen molar-refractivity contribution >= 4 is 9.52 Å². The predicted molar refractivity (Wildman–Crippen MR) is 49.7 cm³/mol. The molecule has 1 saturated carbocycles. The third-order valence-corrected chi connectivity index (χ3v) is 5.64. The van der Waals surface area contributed by atoms with E-state index in [1.807, 2.05) is 0 Å². The summed E-state index contributed by atoms with van der Waals surface area (Å²) in [6.45, 7) is 3.47. The van der Waals surface area contributed by atoms with E-state index in [9.17, 15) is 0 Å². The molecule has 1 aliphatic carbocycles. The normalized spacial score (nSPS) is 40.1. The van der Waals surface area contributed by atoms with Crippen LogP contribution in [0.25, 0.3) is 0 Å². The standard InChI is InChI=1S/C9H18OSi/c1-11-9(8-4-5-8)6-2-3-7-10-9/h8H,2-7,11H2,1H3. The van der Waals surface area contributed by atoms with Gasteiger partial charge in [0.25, 0.3) is 0 Å². The van der Waals surface area contributed by atoms with Gasteiger partial charge in [-0.2, -0.15) is 0 Å². The van der Waals surface area contributed by atoms with Crippen molar-refractivity contribution in [3.8, 4) is 0 Å². The Morgan fingerprint density at radius 1 is 1.36 bits per heavy atom. The van der Waals surface area contributed by atoms with Gasteiger partial charge in [-0.3, -0.25) is 0 Å². The molecule has 0 spiro atoms. The molecule has 11 heavy (non-hydrogen) atoms. The van der Waals surface area contributed by atoms with Gasteiger partial charge < -0.3 is 4.74 Å². The van der Waals surface area contributed by atoms with E-state index in [2.05, 4.69) is 6.55 Å². The van der Waals surface area contributed by atoms with E-state index in [0.29, 0.717) is 5.22 Å².